The first-order valence-electron chi connectivity index (χ1n) is 27.4. The van der Waals surface area contributed by atoms with Gasteiger partial charge in [-0.2, -0.15) is 17.6 Å². The van der Waals surface area contributed by atoms with Crippen LogP contribution in [0.2, 0.25) is 0 Å². The summed E-state index contributed by atoms with van der Waals surface area (Å²) in [4.78, 5) is 113. The Morgan fingerprint density at radius 3 is 1.85 bits per heavy atom. The number of H-pyrrole nitrogens is 1. The molecule has 24 nitrogen and oxygen atoms in total. The number of nitrogens with one attached hydrogen (secondary N) is 5. The van der Waals surface area contributed by atoms with E-state index in [1.54, 1.807) is 30.8 Å². The summed E-state index contributed by atoms with van der Waals surface area (Å²) in [5.41, 5.74) is 10.7. The maximum Gasteiger partial charge on any atom is 0.425 e. The van der Waals surface area contributed by atoms with E-state index in [9.17, 15) is 48.6 Å². The van der Waals surface area contributed by atoms with Gasteiger partial charge >= 0.3 is 28.5 Å². The molecule has 0 unspecified atom stereocenters. The number of amides is 3. The van der Waals surface area contributed by atoms with Gasteiger partial charge in [-0.25, -0.2) is 19.6 Å². The number of Topliss-reactive ketones (excluding diaryl/α,β-unsaturated/α-hetero) is 1. The van der Waals surface area contributed by atoms with Crippen LogP contribution < -0.4 is 37.3 Å². The SMILES string of the molecule is CCNC(=O)C[C@H](CC(=O)CC[C@H](NC(=O)c1ccc(NCc2cnc3nc(N)[nH]c(=O)c3n2)cc1)C(=O)O)C(=O)N[C@@H](CS)C(=O)O.CCOc1ccc(COC(=O)[C@@H](C)CSC(c2ccccc2)(c2ccccc2)c2ccccc2)cc1.O=S(=O)=O. The van der Waals surface area contributed by atoms with E-state index >= 15 is 0 Å². The van der Waals surface area contributed by atoms with Gasteiger partial charge in [-0.05, 0) is 78.9 Å². The molecule has 2 heterocycles. The zero-order valence-electron chi connectivity index (χ0n) is 48.1. The molecular weight excluding hydrogens is 1190 g/mol. The van der Waals surface area contributed by atoms with E-state index in [0.717, 1.165) is 11.3 Å². The van der Waals surface area contributed by atoms with Crippen LogP contribution in [0.15, 0.2) is 151 Å². The van der Waals surface area contributed by atoms with Gasteiger partial charge in [-0.15, -0.1) is 24.4 Å². The molecule has 2 aromatic heterocycles. The molecule has 7 aromatic rings. The van der Waals surface area contributed by atoms with Gasteiger partial charge in [0.05, 0.1) is 41.6 Å². The number of thioether (sulfide) groups is 1. The second kappa shape index (κ2) is 35.2. The second-order valence-corrected chi connectivity index (χ2v) is 21.4. The summed E-state index contributed by atoms with van der Waals surface area (Å²) in [7, 11) is -3.11. The maximum absolute atomic E-state index is 13.0. The molecule has 27 heteroatoms. The average molecular weight is 1260 g/mol. The second-order valence-electron chi connectivity index (χ2n) is 19.4. The number of carbonyl (C=O) groups is 7. The standard InChI is InChI=1S/C32H32O3S.C29H35N9O9S.O3S/c1-3-34-30-21-19-26(20-22-30)23-35-31(33)25(2)24-36-32(27-13-7-4-8-14-27,28-15-9-5-10-16-28)29-17-11-6-12-18-29;1-2-31-21(40)10-15(25(42)36-20(13-48)28(46)47)9-18(39)7-8-19(27(44)45)35-24(41)14-3-5-16(6-4-14)32-11-17-12-33-23-22(34-17)26(43)38-29(30)37-23;1-4(2)3/h4-22,25H,3,23-24H2,1-2H3;3-6,12,15,19-20,32,48H,2,7-11,13H2,1H3,(H,31,40)(H,35,41)(H,36,42)(H,44,45)(H,46,47)(H3,30,33,37,38,43);/t25-;15-,19-,20-;/m00./s1. The molecule has 0 radical (unpaired) electrons. The molecule has 0 aliphatic rings. The number of benzene rings is 5. The van der Waals surface area contributed by atoms with Crippen molar-refractivity contribution >= 4 is 99.2 Å². The van der Waals surface area contributed by atoms with Crippen LogP contribution in [0.3, 0.4) is 0 Å². The number of nitrogen functional groups attached to an aromatic ring is 1. The molecule has 0 bridgehead atoms. The number of rotatable bonds is 29. The minimum atomic E-state index is -3.11. The van der Waals surface area contributed by atoms with E-state index in [0.29, 0.717) is 23.7 Å². The number of aromatic nitrogens is 4. The van der Waals surface area contributed by atoms with Crippen molar-refractivity contribution in [3.63, 3.8) is 0 Å². The highest BCUT2D eigenvalue weighted by Gasteiger charge is 2.38. The largest absolute Gasteiger partial charge is 0.494 e. The molecule has 464 valence electrons. The number of ketones is 1. The topological polar surface area (TPSA) is 375 Å². The van der Waals surface area contributed by atoms with Gasteiger partial charge in [0.15, 0.2) is 11.2 Å². The Balaban J connectivity index is 0.000000312. The quantitative estimate of drug-likeness (QED) is 0.0148. The molecule has 3 amide bonds. The van der Waals surface area contributed by atoms with Crippen molar-refractivity contribution in [2.75, 3.05) is 35.7 Å². The fourth-order valence-electron chi connectivity index (χ4n) is 8.63. The number of aliphatic carboxylic acids is 2. The summed E-state index contributed by atoms with van der Waals surface area (Å²) in [5, 5.41) is 29.1. The maximum atomic E-state index is 13.0. The molecule has 0 aliphatic carbocycles. The van der Waals surface area contributed by atoms with Crippen molar-refractivity contribution in [3.8, 4) is 5.75 Å². The van der Waals surface area contributed by atoms with Crippen molar-refractivity contribution in [3.05, 3.63) is 190 Å². The number of ether oxygens (including phenoxy) is 2. The lowest BCUT2D eigenvalue weighted by atomic mass is 9.84. The van der Waals surface area contributed by atoms with Gasteiger partial charge in [0.1, 0.15) is 30.2 Å². The average Bonchev–Trinajstić information content (AvgIpc) is 0.940. The lowest BCUT2D eigenvalue weighted by Crippen LogP contribution is -2.46. The molecule has 88 heavy (non-hydrogen) atoms. The predicted molar refractivity (Wildman–Crippen MR) is 332 cm³/mol. The number of esters is 1. The number of anilines is 2. The zero-order valence-corrected chi connectivity index (χ0v) is 50.6. The van der Waals surface area contributed by atoms with E-state index in [2.05, 4.69) is 127 Å². The molecular formula is C61H67N9O15S3. The Morgan fingerprint density at radius 2 is 1.33 bits per heavy atom. The number of hydrogen-bond donors (Lipinski definition) is 9. The smallest absolute Gasteiger partial charge is 0.425 e. The number of carboxylic acid groups (broad SMARTS) is 2. The minimum Gasteiger partial charge on any atom is -0.494 e. The molecule has 0 fully saturated rings. The highest BCUT2D eigenvalue weighted by Crippen LogP contribution is 2.49. The van der Waals surface area contributed by atoms with Crippen LogP contribution >= 0.6 is 24.4 Å². The number of thiol groups is 1. The number of hydrogen-bond acceptors (Lipinski definition) is 20. The Morgan fingerprint density at radius 1 is 0.761 bits per heavy atom. The lowest BCUT2D eigenvalue weighted by Gasteiger charge is -2.36. The summed E-state index contributed by atoms with van der Waals surface area (Å²) in [6.45, 7) is 6.88. The number of nitrogens with zero attached hydrogens (tertiary/aromatic N) is 3. The highest BCUT2D eigenvalue weighted by molar-refractivity contribution is 8.00. The van der Waals surface area contributed by atoms with Crippen LogP contribution in [0.4, 0.5) is 11.6 Å². The van der Waals surface area contributed by atoms with Gasteiger partial charge in [0, 0.05) is 48.6 Å². The molecule has 0 saturated carbocycles. The number of fused-ring (bicyclic) bond motifs is 1. The molecule has 0 spiro atoms. The lowest BCUT2D eigenvalue weighted by molar-refractivity contribution is -0.148. The summed E-state index contributed by atoms with van der Waals surface area (Å²) in [6.07, 6.45) is -0.0706. The Labute approximate surface area is 517 Å². The third-order valence-corrected chi connectivity index (χ3v) is 15.2. The van der Waals surface area contributed by atoms with E-state index in [-0.39, 0.29) is 72.9 Å². The Bertz CT molecular complexity index is 3550. The van der Waals surface area contributed by atoms with Crippen molar-refractivity contribution in [2.45, 2.75) is 76.4 Å². The predicted octanol–water partition coefficient (Wildman–Crippen LogP) is 5.96. The Kier molecular flexibility index (Phi) is 27.7. The van der Waals surface area contributed by atoms with Crippen LogP contribution in [-0.2, 0) is 62.0 Å². The highest BCUT2D eigenvalue weighted by atomic mass is 32.2. The van der Waals surface area contributed by atoms with Crippen LogP contribution in [0, 0.1) is 11.8 Å². The van der Waals surface area contributed by atoms with Crippen molar-refractivity contribution in [2.24, 2.45) is 11.8 Å². The van der Waals surface area contributed by atoms with Gasteiger partial charge < -0.3 is 46.7 Å². The van der Waals surface area contributed by atoms with E-state index in [4.69, 9.17) is 27.8 Å². The summed E-state index contributed by atoms with van der Waals surface area (Å²) in [5.74, 6) is -5.91. The number of aromatic amines is 1. The van der Waals surface area contributed by atoms with Gasteiger partial charge in [0.2, 0.25) is 17.8 Å². The van der Waals surface area contributed by atoms with Crippen molar-refractivity contribution in [1.29, 1.82) is 0 Å². The Hall–Kier alpha value is -9.47. The van der Waals surface area contributed by atoms with E-state index in [1.807, 2.05) is 56.3 Å². The first kappa shape index (κ1) is 69.3. The van der Waals surface area contributed by atoms with Crippen LogP contribution in [-0.4, -0.2) is 121 Å². The molecule has 9 N–H and O–H groups in total. The van der Waals surface area contributed by atoms with Crippen LogP contribution in [0.5, 0.6) is 5.75 Å². The van der Waals surface area contributed by atoms with E-state index < -0.39 is 87.2 Å². The first-order valence-corrected chi connectivity index (χ1v) is 30.1. The van der Waals surface area contributed by atoms with Crippen LogP contribution in [0.1, 0.15) is 84.8 Å². The molecule has 7 rings (SSSR count). The molecule has 5 aromatic carbocycles. The molecule has 0 aliphatic heterocycles. The molecule has 0 saturated heterocycles. The van der Waals surface area contributed by atoms with Crippen molar-refractivity contribution in [1.82, 2.24) is 35.9 Å². The number of carbonyl (C=O) groups excluding carboxylic acids is 5. The van der Waals surface area contributed by atoms with Crippen LogP contribution in [0.25, 0.3) is 11.2 Å². The van der Waals surface area contributed by atoms with Crippen molar-refractivity contribution < 1.29 is 65.9 Å². The summed E-state index contributed by atoms with van der Waals surface area (Å²) in [6, 6.07) is 42.5. The normalized spacial score (nSPS) is 12.1. The fraction of sp³-hybridized carbons (Fsp3) is 0.295. The van der Waals surface area contributed by atoms with Gasteiger partial charge in [-0.3, -0.25) is 33.8 Å². The third-order valence-electron chi connectivity index (χ3n) is 13.0. The number of carboxylic acids is 2. The summed E-state index contributed by atoms with van der Waals surface area (Å²) >= 11 is 5.67. The van der Waals surface area contributed by atoms with Gasteiger partial charge in [0.25, 0.3) is 11.5 Å². The zero-order chi connectivity index (χ0) is 64.2. The number of nitrogens with two attached hydrogens (primary N) is 1. The van der Waals surface area contributed by atoms with E-state index in [1.165, 1.54) is 35.0 Å². The fourth-order valence-corrected chi connectivity index (χ4v) is 10.4. The first-order chi connectivity index (χ1) is 42.2. The minimum absolute atomic E-state index is 0.0213. The van der Waals surface area contributed by atoms with Gasteiger partial charge in [-0.1, -0.05) is 110 Å². The monoisotopic (exact) mass is 1260 g/mol. The third kappa shape index (κ3) is 21.5. The summed E-state index contributed by atoms with van der Waals surface area (Å²) < 4.78 is 36.0. The molecule has 4 atom stereocenters.